The van der Waals surface area contributed by atoms with Crippen LogP contribution in [-0.2, 0) is 4.79 Å². The van der Waals surface area contributed by atoms with E-state index in [2.05, 4.69) is 10.6 Å². The number of hydrogen-bond donors (Lipinski definition) is 3. The van der Waals surface area contributed by atoms with Gasteiger partial charge >= 0.3 is 0 Å². The van der Waals surface area contributed by atoms with Gasteiger partial charge in [-0.05, 0) is 43.5 Å². The molecule has 2 atom stereocenters. The number of carbonyl (C=O) groups excluding carboxylic acids is 1. The van der Waals surface area contributed by atoms with Crippen molar-refractivity contribution in [2.24, 2.45) is 11.7 Å². The Hall–Kier alpha value is -1.55. The van der Waals surface area contributed by atoms with Gasteiger partial charge < -0.3 is 16.4 Å². The Morgan fingerprint density at radius 2 is 2.16 bits per heavy atom. The molecule has 1 amide bonds. The van der Waals surface area contributed by atoms with E-state index in [1.165, 1.54) is 19.3 Å². The Morgan fingerprint density at radius 1 is 1.37 bits per heavy atom. The van der Waals surface area contributed by atoms with Crippen LogP contribution in [0.2, 0.25) is 0 Å². The van der Waals surface area contributed by atoms with Crippen LogP contribution in [0.4, 0.5) is 11.4 Å². The second kappa shape index (κ2) is 6.57. The molecular weight excluding hydrogens is 238 g/mol. The van der Waals surface area contributed by atoms with Crippen LogP contribution in [0.3, 0.4) is 0 Å². The van der Waals surface area contributed by atoms with Gasteiger partial charge in [-0.3, -0.25) is 4.79 Å². The summed E-state index contributed by atoms with van der Waals surface area (Å²) in [6.45, 7) is 2.59. The average molecular weight is 261 g/mol. The summed E-state index contributed by atoms with van der Waals surface area (Å²) < 4.78 is 0. The van der Waals surface area contributed by atoms with Crippen molar-refractivity contribution in [3.8, 4) is 0 Å². The number of rotatable bonds is 5. The molecule has 1 fully saturated rings. The molecule has 1 aromatic carbocycles. The smallest absolute Gasteiger partial charge is 0.224 e. The van der Waals surface area contributed by atoms with Crippen LogP contribution >= 0.6 is 0 Å². The van der Waals surface area contributed by atoms with Gasteiger partial charge in [0, 0.05) is 23.8 Å². The van der Waals surface area contributed by atoms with Crippen molar-refractivity contribution in [1.29, 1.82) is 0 Å². The maximum absolute atomic E-state index is 11.4. The number of benzene rings is 1. The van der Waals surface area contributed by atoms with E-state index in [0.717, 1.165) is 17.9 Å². The summed E-state index contributed by atoms with van der Waals surface area (Å²) in [6, 6.07) is 8.35. The minimum atomic E-state index is 0.0397. The van der Waals surface area contributed by atoms with Gasteiger partial charge in [0.1, 0.15) is 0 Å². The molecule has 4 heteroatoms. The van der Waals surface area contributed by atoms with Crippen LogP contribution in [0.15, 0.2) is 24.3 Å². The monoisotopic (exact) mass is 261 g/mol. The lowest BCUT2D eigenvalue weighted by Gasteiger charge is -2.21. The Bertz CT molecular complexity index is 433. The Labute approximate surface area is 114 Å². The molecule has 0 aromatic heterocycles. The molecule has 0 spiro atoms. The van der Waals surface area contributed by atoms with Gasteiger partial charge in [0.25, 0.3) is 0 Å². The fraction of sp³-hybridized carbons (Fsp3) is 0.533. The molecule has 0 bridgehead atoms. The van der Waals surface area contributed by atoms with Gasteiger partial charge in [-0.2, -0.15) is 0 Å². The summed E-state index contributed by atoms with van der Waals surface area (Å²) in [7, 11) is 0. The molecule has 1 saturated carbocycles. The predicted octanol–water partition coefficient (Wildman–Crippen LogP) is 2.57. The van der Waals surface area contributed by atoms with Crippen LogP contribution in [0.1, 0.15) is 32.6 Å². The molecule has 1 aliphatic carbocycles. The molecular formula is C15H23N3O. The minimum absolute atomic E-state index is 0.0397. The first kappa shape index (κ1) is 13.9. The first-order chi connectivity index (χ1) is 9.22. The largest absolute Gasteiger partial charge is 0.382 e. The predicted molar refractivity (Wildman–Crippen MR) is 79.2 cm³/mol. The third-order valence-electron chi connectivity index (χ3n) is 3.78. The molecule has 4 N–H and O–H groups in total. The van der Waals surface area contributed by atoms with Crippen LogP contribution in [0.25, 0.3) is 0 Å². The lowest BCUT2D eigenvalue weighted by Crippen LogP contribution is -2.29. The third kappa shape index (κ3) is 3.70. The summed E-state index contributed by atoms with van der Waals surface area (Å²) >= 11 is 0. The second-order valence-electron chi connectivity index (χ2n) is 5.16. The molecule has 1 aliphatic rings. The van der Waals surface area contributed by atoms with Crippen molar-refractivity contribution in [2.75, 3.05) is 17.2 Å². The summed E-state index contributed by atoms with van der Waals surface area (Å²) in [4.78, 5) is 11.4. The van der Waals surface area contributed by atoms with Crippen molar-refractivity contribution >= 4 is 17.3 Å². The van der Waals surface area contributed by atoms with Crippen molar-refractivity contribution < 1.29 is 4.79 Å². The van der Waals surface area contributed by atoms with Gasteiger partial charge in [0.05, 0.1) is 0 Å². The molecule has 19 heavy (non-hydrogen) atoms. The minimum Gasteiger partial charge on any atom is -0.382 e. The summed E-state index contributed by atoms with van der Waals surface area (Å²) in [5, 5.41) is 6.42. The number of nitrogens with one attached hydrogen (secondary N) is 2. The first-order valence-corrected chi connectivity index (χ1v) is 7.09. The third-order valence-corrected chi connectivity index (χ3v) is 3.78. The maximum Gasteiger partial charge on any atom is 0.224 e. The van der Waals surface area contributed by atoms with E-state index in [4.69, 9.17) is 5.73 Å². The van der Waals surface area contributed by atoms with Crippen molar-refractivity contribution in [3.63, 3.8) is 0 Å². The van der Waals surface area contributed by atoms with E-state index < -0.39 is 0 Å². The topological polar surface area (TPSA) is 67.2 Å². The lowest BCUT2D eigenvalue weighted by molar-refractivity contribution is -0.115. The van der Waals surface area contributed by atoms with Gasteiger partial charge in [0.2, 0.25) is 5.91 Å². The highest BCUT2D eigenvalue weighted by molar-refractivity contribution is 5.90. The standard InChI is InChI=1S/C15H23N3O/c1-2-15(19)18-13-7-4-6-12(9-13)17-14-8-3-5-11(14)10-16/h4,6-7,9,11,14,17H,2-3,5,8,10,16H2,1H3,(H,18,19). The zero-order chi connectivity index (χ0) is 13.7. The van der Waals surface area contributed by atoms with Crippen LogP contribution in [-0.4, -0.2) is 18.5 Å². The summed E-state index contributed by atoms with van der Waals surface area (Å²) in [5.74, 6) is 0.603. The lowest BCUT2D eigenvalue weighted by atomic mass is 10.0. The van der Waals surface area contributed by atoms with E-state index in [-0.39, 0.29) is 5.91 Å². The fourth-order valence-corrected chi connectivity index (χ4v) is 2.66. The molecule has 0 radical (unpaired) electrons. The van der Waals surface area contributed by atoms with E-state index in [9.17, 15) is 4.79 Å². The number of carbonyl (C=O) groups is 1. The fourth-order valence-electron chi connectivity index (χ4n) is 2.66. The molecule has 0 heterocycles. The van der Waals surface area contributed by atoms with Crippen molar-refractivity contribution in [2.45, 2.75) is 38.6 Å². The molecule has 0 aliphatic heterocycles. The SMILES string of the molecule is CCC(=O)Nc1cccc(NC2CCCC2CN)c1. The van der Waals surface area contributed by atoms with E-state index >= 15 is 0 Å². The quantitative estimate of drug-likeness (QED) is 0.763. The van der Waals surface area contributed by atoms with Crippen molar-refractivity contribution in [3.05, 3.63) is 24.3 Å². The normalized spacial score (nSPS) is 22.2. The number of nitrogens with two attached hydrogens (primary N) is 1. The van der Waals surface area contributed by atoms with E-state index in [0.29, 0.717) is 18.4 Å². The molecule has 0 saturated heterocycles. The molecule has 2 rings (SSSR count). The maximum atomic E-state index is 11.4. The van der Waals surface area contributed by atoms with Gasteiger partial charge in [-0.1, -0.05) is 19.4 Å². The Balaban J connectivity index is 2.00. The second-order valence-corrected chi connectivity index (χ2v) is 5.16. The van der Waals surface area contributed by atoms with Crippen LogP contribution in [0, 0.1) is 5.92 Å². The highest BCUT2D eigenvalue weighted by Gasteiger charge is 2.25. The van der Waals surface area contributed by atoms with E-state index in [1.807, 2.05) is 31.2 Å². The highest BCUT2D eigenvalue weighted by Crippen LogP contribution is 2.28. The van der Waals surface area contributed by atoms with Gasteiger partial charge in [0.15, 0.2) is 0 Å². The Kier molecular flexibility index (Phi) is 4.80. The highest BCUT2D eigenvalue weighted by atomic mass is 16.1. The average Bonchev–Trinajstić information content (AvgIpc) is 2.86. The molecule has 4 nitrogen and oxygen atoms in total. The summed E-state index contributed by atoms with van der Waals surface area (Å²) in [5.41, 5.74) is 7.70. The molecule has 1 aromatic rings. The molecule has 2 unspecified atom stereocenters. The molecule has 104 valence electrons. The zero-order valence-corrected chi connectivity index (χ0v) is 11.5. The Morgan fingerprint density at radius 3 is 2.89 bits per heavy atom. The van der Waals surface area contributed by atoms with Crippen LogP contribution < -0.4 is 16.4 Å². The first-order valence-electron chi connectivity index (χ1n) is 7.09. The zero-order valence-electron chi connectivity index (χ0n) is 11.5. The van der Waals surface area contributed by atoms with Gasteiger partial charge in [-0.25, -0.2) is 0 Å². The van der Waals surface area contributed by atoms with Crippen LogP contribution in [0.5, 0.6) is 0 Å². The summed E-state index contributed by atoms with van der Waals surface area (Å²) in [6.07, 6.45) is 4.12. The number of anilines is 2. The van der Waals surface area contributed by atoms with Gasteiger partial charge in [-0.15, -0.1) is 0 Å². The number of hydrogen-bond acceptors (Lipinski definition) is 3. The van der Waals surface area contributed by atoms with E-state index in [1.54, 1.807) is 0 Å². The number of amides is 1. The van der Waals surface area contributed by atoms with Crippen molar-refractivity contribution in [1.82, 2.24) is 0 Å².